The lowest BCUT2D eigenvalue weighted by Crippen LogP contribution is -2.29. The van der Waals surface area contributed by atoms with Crippen molar-refractivity contribution in [3.05, 3.63) is 34.9 Å². The van der Waals surface area contributed by atoms with Gasteiger partial charge in [-0.1, -0.05) is 43.0 Å². The molecule has 1 aromatic carbocycles. The molecule has 2 nitrogen and oxygen atoms in total. The van der Waals surface area contributed by atoms with E-state index in [4.69, 9.17) is 11.6 Å². The molecule has 1 fully saturated rings. The van der Waals surface area contributed by atoms with E-state index < -0.39 is 12.2 Å². The molecule has 1 aliphatic rings. The first kappa shape index (κ1) is 12.9. The molecule has 2 N–H and O–H groups in total. The van der Waals surface area contributed by atoms with Crippen molar-refractivity contribution in [1.29, 1.82) is 0 Å². The van der Waals surface area contributed by atoms with Crippen LogP contribution in [0.1, 0.15) is 43.8 Å². The fraction of sp³-hybridized carbons (Fsp3) is 0.571. The summed E-state index contributed by atoms with van der Waals surface area (Å²) in [7, 11) is 0. The average Bonchev–Trinajstić information content (AvgIpc) is 2.39. The smallest absolute Gasteiger partial charge is 0.105 e. The molecular formula is C14H19ClO2. The van der Waals surface area contributed by atoms with Crippen LogP contribution in [0.15, 0.2) is 24.3 Å². The maximum absolute atomic E-state index is 10.2. The summed E-state index contributed by atoms with van der Waals surface area (Å²) in [6.45, 7) is 0. The van der Waals surface area contributed by atoms with Crippen LogP contribution in [-0.2, 0) is 0 Å². The Morgan fingerprint density at radius 1 is 1.00 bits per heavy atom. The van der Waals surface area contributed by atoms with Gasteiger partial charge in [-0.2, -0.15) is 0 Å². The van der Waals surface area contributed by atoms with Crippen molar-refractivity contribution in [3.8, 4) is 0 Å². The first-order valence-corrected chi connectivity index (χ1v) is 6.68. The summed E-state index contributed by atoms with van der Waals surface area (Å²) in [6.07, 6.45) is 4.16. The molecule has 0 bridgehead atoms. The molecule has 0 radical (unpaired) electrons. The Bertz CT molecular complexity index is 344. The third-order valence-corrected chi connectivity index (χ3v) is 3.92. The zero-order valence-corrected chi connectivity index (χ0v) is 10.6. The molecule has 17 heavy (non-hydrogen) atoms. The second-order valence-corrected chi connectivity index (χ2v) is 5.32. The van der Waals surface area contributed by atoms with Gasteiger partial charge in [0.1, 0.15) is 6.10 Å². The highest BCUT2D eigenvalue weighted by Gasteiger charge is 2.28. The van der Waals surface area contributed by atoms with Crippen LogP contribution in [0.3, 0.4) is 0 Å². The first-order chi connectivity index (χ1) is 8.18. The largest absolute Gasteiger partial charge is 0.390 e. The molecule has 2 rings (SSSR count). The monoisotopic (exact) mass is 254 g/mol. The minimum atomic E-state index is -0.796. The lowest BCUT2D eigenvalue weighted by molar-refractivity contribution is -0.0285. The maximum Gasteiger partial charge on any atom is 0.105 e. The van der Waals surface area contributed by atoms with Crippen LogP contribution in [0.2, 0.25) is 5.02 Å². The lowest BCUT2D eigenvalue weighted by Gasteiger charge is -2.29. The van der Waals surface area contributed by atoms with Crippen molar-refractivity contribution in [2.45, 2.75) is 44.3 Å². The highest BCUT2D eigenvalue weighted by Crippen LogP contribution is 2.32. The standard InChI is InChI=1S/C14H19ClO2/c15-12-8-6-11(7-9-12)14(17)13(16)10-4-2-1-3-5-10/h6-10,13-14,16-17H,1-5H2. The van der Waals surface area contributed by atoms with E-state index in [1.807, 2.05) is 0 Å². The van der Waals surface area contributed by atoms with Crippen molar-refractivity contribution in [2.24, 2.45) is 5.92 Å². The van der Waals surface area contributed by atoms with E-state index in [1.54, 1.807) is 24.3 Å². The number of halogens is 1. The van der Waals surface area contributed by atoms with Crippen LogP contribution in [0.5, 0.6) is 0 Å². The minimum Gasteiger partial charge on any atom is -0.390 e. The molecule has 0 heterocycles. The van der Waals surface area contributed by atoms with E-state index in [-0.39, 0.29) is 5.92 Å². The van der Waals surface area contributed by atoms with Gasteiger partial charge in [-0.3, -0.25) is 0 Å². The normalized spacial score (nSPS) is 21.1. The van der Waals surface area contributed by atoms with Gasteiger partial charge >= 0.3 is 0 Å². The Morgan fingerprint density at radius 3 is 2.18 bits per heavy atom. The fourth-order valence-corrected chi connectivity index (χ4v) is 2.72. The minimum absolute atomic E-state index is 0.231. The fourth-order valence-electron chi connectivity index (χ4n) is 2.59. The van der Waals surface area contributed by atoms with E-state index in [1.165, 1.54) is 6.42 Å². The first-order valence-electron chi connectivity index (χ1n) is 6.30. The van der Waals surface area contributed by atoms with E-state index in [2.05, 4.69) is 0 Å². The SMILES string of the molecule is OC(c1ccc(Cl)cc1)C(O)C1CCCCC1. The van der Waals surface area contributed by atoms with Gasteiger partial charge in [0, 0.05) is 5.02 Å². The Balaban J connectivity index is 2.02. The molecule has 0 saturated heterocycles. The zero-order valence-electron chi connectivity index (χ0n) is 9.85. The van der Waals surface area contributed by atoms with Crippen molar-refractivity contribution in [3.63, 3.8) is 0 Å². The molecule has 0 spiro atoms. The summed E-state index contributed by atoms with van der Waals surface area (Å²) in [4.78, 5) is 0. The summed E-state index contributed by atoms with van der Waals surface area (Å²) in [5.41, 5.74) is 0.743. The second-order valence-electron chi connectivity index (χ2n) is 4.89. The van der Waals surface area contributed by atoms with E-state index in [0.717, 1.165) is 31.2 Å². The molecule has 2 unspecified atom stereocenters. The van der Waals surface area contributed by atoms with Crippen molar-refractivity contribution in [1.82, 2.24) is 0 Å². The Labute approximate surface area is 107 Å². The third kappa shape index (κ3) is 3.21. The number of hydrogen-bond donors (Lipinski definition) is 2. The van der Waals surface area contributed by atoms with E-state index >= 15 is 0 Å². The predicted octanol–water partition coefficient (Wildman–Crippen LogP) is 3.31. The molecule has 0 aliphatic heterocycles. The van der Waals surface area contributed by atoms with E-state index in [9.17, 15) is 10.2 Å². The van der Waals surface area contributed by atoms with Crippen LogP contribution < -0.4 is 0 Å². The Morgan fingerprint density at radius 2 is 1.59 bits per heavy atom. The van der Waals surface area contributed by atoms with Crippen molar-refractivity contribution < 1.29 is 10.2 Å². The van der Waals surface area contributed by atoms with Crippen molar-refractivity contribution >= 4 is 11.6 Å². The van der Waals surface area contributed by atoms with Gasteiger partial charge in [0.05, 0.1) is 6.10 Å². The summed E-state index contributed by atoms with van der Waals surface area (Å²) in [5.74, 6) is 0.231. The van der Waals surface area contributed by atoms with Crippen LogP contribution in [0.25, 0.3) is 0 Å². The van der Waals surface area contributed by atoms with Gasteiger partial charge in [0.2, 0.25) is 0 Å². The molecule has 94 valence electrons. The molecule has 2 atom stereocenters. The number of rotatable bonds is 3. The van der Waals surface area contributed by atoms with Crippen LogP contribution in [0, 0.1) is 5.92 Å². The van der Waals surface area contributed by atoms with Crippen LogP contribution >= 0.6 is 11.6 Å². The highest BCUT2D eigenvalue weighted by atomic mass is 35.5. The second kappa shape index (κ2) is 5.85. The summed E-state index contributed by atoms with van der Waals surface area (Å²) in [5, 5.41) is 21.0. The maximum atomic E-state index is 10.2. The lowest BCUT2D eigenvalue weighted by atomic mass is 9.82. The quantitative estimate of drug-likeness (QED) is 0.869. The molecule has 1 saturated carbocycles. The number of aliphatic hydroxyl groups is 2. The van der Waals surface area contributed by atoms with Crippen molar-refractivity contribution in [2.75, 3.05) is 0 Å². The average molecular weight is 255 g/mol. The zero-order chi connectivity index (χ0) is 12.3. The molecule has 1 aliphatic carbocycles. The van der Waals surface area contributed by atoms with Gasteiger partial charge in [0.15, 0.2) is 0 Å². The highest BCUT2D eigenvalue weighted by molar-refractivity contribution is 6.30. The molecule has 1 aromatic rings. The molecule has 0 aromatic heterocycles. The van der Waals surface area contributed by atoms with Crippen LogP contribution in [0.4, 0.5) is 0 Å². The van der Waals surface area contributed by atoms with Crippen LogP contribution in [-0.4, -0.2) is 16.3 Å². The topological polar surface area (TPSA) is 40.5 Å². The molecule has 0 amide bonds. The van der Waals surface area contributed by atoms with Gasteiger partial charge in [-0.15, -0.1) is 0 Å². The number of hydrogen-bond acceptors (Lipinski definition) is 2. The van der Waals surface area contributed by atoms with Gasteiger partial charge in [-0.05, 0) is 36.5 Å². The Kier molecular flexibility index (Phi) is 4.43. The summed E-state index contributed by atoms with van der Waals surface area (Å²) in [6, 6.07) is 7.04. The summed E-state index contributed by atoms with van der Waals surface area (Å²) < 4.78 is 0. The van der Waals surface area contributed by atoms with Gasteiger partial charge in [0.25, 0.3) is 0 Å². The summed E-state index contributed by atoms with van der Waals surface area (Å²) >= 11 is 5.80. The predicted molar refractivity (Wildman–Crippen MR) is 69.0 cm³/mol. The molecular weight excluding hydrogens is 236 g/mol. The Hall–Kier alpha value is -0.570. The van der Waals surface area contributed by atoms with Gasteiger partial charge in [-0.25, -0.2) is 0 Å². The third-order valence-electron chi connectivity index (χ3n) is 3.67. The van der Waals surface area contributed by atoms with E-state index in [0.29, 0.717) is 5.02 Å². The molecule has 3 heteroatoms. The number of aliphatic hydroxyl groups excluding tert-OH is 2. The van der Waals surface area contributed by atoms with Gasteiger partial charge < -0.3 is 10.2 Å². The number of benzene rings is 1.